The molecule has 0 amide bonds. The van der Waals surface area contributed by atoms with Crippen LogP contribution < -0.4 is 5.32 Å². The van der Waals surface area contributed by atoms with E-state index in [0.29, 0.717) is 12.8 Å². The van der Waals surface area contributed by atoms with Gasteiger partial charge in [-0.15, -0.1) is 0 Å². The predicted molar refractivity (Wildman–Crippen MR) is 80.5 cm³/mol. The summed E-state index contributed by atoms with van der Waals surface area (Å²) in [5.74, 6) is -2.17. The minimum absolute atomic E-state index is 0.0189. The molecule has 1 saturated carbocycles. The van der Waals surface area contributed by atoms with Crippen molar-refractivity contribution >= 4 is 0 Å². The molecule has 0 spiro atoms. The van der Waals surface area contributed by atoms with Crippen molar-refractivity contribution in [2.75, 3.05) is 6.54 Å². The lowest BCUT2D eigenvalue weighted by Crippen LogP contribution is -2.34. The topological polar surface area (TPSA) is 29.9 Å². The molecule has 1 fully saturated rings. The van der Waals surface area contributed by atoms with Gasteiger partial charge in [0.25, 0.3) is 0 Å². The zero-order valence-electron chi connectivity index (χ0n) is 13.1. The molecule has 120 valence electrons. The summed E-state index contributed by atoms with van der Waals surface area (Å²) in [7, 11) is 0. The number of aromatic nitrogens is 2. The van der Waals surface area contributed by atoms with Crippen molar-refractivity contribution in [2.45, 2.75) is 70.9 Å². The molecule has 0 aromatic carbocycles. The molecule has 0 saturated heterocycles. The Kier molecular flexibility index (Phi) is 5.73. The summed E-state index contributed by atoms with van der Waals surface area (Å²) < 4.78 is 28.7. The molecule has 1 atom stereocenters. The maximum Gasteiger partial charge on any atom is 0.248 e. The molecule has 1 aromatic rings. The lowest BCUT2D eigenvalue weighted by atomic mass is 9.80. The van der Waals surface area contributed by atoms with Crippen molar-refractivity contribution < 1.29 is 8.78 Å². The van der Waals surface area contributed by atoms with E-state index in [2.05, 4.69) is 30.5 Å². The van der Waals surface area contributed by atoms with E-state index < -0.39 is 5.92 Å². The highest BCUT2D eigenvalue weighted by molar-refractivity contribution is 5.12. The van der Waals surface area contributed by atoms with Crippen LogP contribution in [-0.2, 0) is 6.54 Å². The first kappa shape index (κ1) is 16.4. The number of nitrogens with one attached hydrogen (secondary N) is 1. The van der Waals surface area contributed by atoms with Crippen LogP contribution in [0.15, 0.2) is 12.4 Å². The van der Waals surface area contributed by atoms with Gasteiger partial charge >= 0.3 is 0 Å². The monoisotopic (exact) mass is 299 g/mol. The van der Waals surface area contributed by atoms with Gasteiger partial charge in [-0.25, -0.2) is 8.78 Å². The fourth-order valence-electron chi connectivity index (χ4n) is 3.14. The van der Waals surface area contributed by atoms with Crippen LogP contribution in [0, 0.1) is 5.92 Å². The van der Waals surface area contributed by atoms with Crippen LogP contribution in [0.1, 0.15) is 64.0 Å². The Morgan fingerprint density at radius 2 is 2.05 bits per heavy atom. The Hall–Kier alpha value is -0.970. The van der Waals surface area contributed by atoms with Crippen LogP contribution in [0.3, 0.4) is 0 Å². The Bertz CT molecular complexity index is 421. The van der Waals surface area contributed by atoms with Crippen molar-refractivity contribution in [3.8, 4) is 0 Å². The molecule has 1 aromatic heterocycles. The van der Waals surface area contributed by atoms with E-state index in [1.165, 1.54) is 0 Å². The zero-order chi connectivity index (χ0) is 15.3. The Balaban J connectivity index is 2.06. The number of aryl methyl sites for hydroxylation is 1. The third-order valence-electron chi connectivity index (χ3n) is 4.31. The fraction of sp³-hybridized carbons (Fsp3) is 0.812. The molecule has 1 N–H and O–H groups in total. The van der Waals surface area contributed by atoms with E-state index in [4.69, 9.17) is 0 Å². The minimum atomic E-state index is -2.46. The first-order valence-electron chi connectivity index (χ1n) is 8.19. The lowest BCUT2D eigenvalue weighted by Gasteiger charge is -2.34. The number of nitrogens with zero attached hydrogens (tertiary/aromatic N) is 2. The quantitative estimate of drug-likeness (QED) is 0.819. The zero-order valence-corrected chi connectivity index (χ0v) is 13.1. The van der Waals surface area contributed by atoms with Gasteiger partial charge in [0.15, 0.2) is 0 Å². The summed E-state index contributed by atoms with van der Waals surface area (Å²) in [6, 6.07) is 0.159. The number of rotatable bonds is 7. The number of halogens is 2. The smallest absolute Gasteiger partial charge is 0.248 e. The SMILES string of the molecule is CCCNC(c1cnn(CCC)c1)C1CCC(F)(F)CC1. The second-order valence-electron chi connectivity index (χ2n) is 6.16. The van der Waals surface area contributed by atoms with Crippen LogP contribution >= 0.6 is 0 Å². The van der Waals surface area contributed by atoms with Gasteiger partial charge in [-0.05, 0) is 38.1 Å². The van der Waals surface area contributed by atoms with Gasteiger partial charge in [0, 0.05) is 37.2 Å². The molecule has 0 bridgehead atoms. The van der Waals surface area contributed by atoms with Gasteiger partial charge < -0.3 is 5.32 Å². The van der Waals surface area contributed by atoms with E-state index in [1.54, 1.807) is 0 Å². The summed E-state index contributed by atoms with van der Waals surface area (Å²) >= 11 is 0. The van der Waals surface area contributed by atoms with Crippen LogP contribution in [0.5, 0.6) is 0 Å². The van der Waals surface area contributed by atoms with Crippen LogP contribution in [-0.4, -0.2) is 22.2 Å². The third kappa shape index (κ3) is 4.50. The number of hydrogen-bond donors (Lipinski definition) is 1. The average molecular weight is 299 g/mol. The first-order chi connectivity index (χ1) is 10.1. The standard InChI is InChI=1S/C16H27F2N3/c1-3-9-19-15(13-5-7-16(17,18)8-6-13)14-11-20-21(12-14)10-4-2/h11-13,15,19H,3-10H2,1-2H3. The fourth-order valence-corrected chi connectivity index (χ4v) is 3.14. The highest BCUT2D eigenvalue weighted by Crippen LogP contribution is 2.41. The van der Waals surface area contributed by atoms with Crippen molar-refractivity contribution in [1.82, 2.24) is 15.1 Å². The highest BCUT2D eigenvalue weighted by Gasteiger charge is 2.38. The van der Waals surface area contributed by atoms with Gasteiger partial charge in [-0.2, -0.15) is 5.10 Å². The molecule has 1 aliphatic rings. The summed E-state index contributed by atoms with van der Waals surface area (Å²) in [4.78, 5) is 0. The molecule has 0 radical (unpaired) electrons. The van der Waals surface area contributed by atoms with Gasteiger partial charge in [-0.3, -0.25) is 4.68 Å². The Morgan fingerprint density at radius 1 is 1.33 bits per heavy atom. The second-order valence-corrected chi connectivity index (χ2v) is 6.16. The third-order valence-corrected chi connectivity index (χ3v) is 4.31. The average Bonchev–Trinajstić information content (AvgIpc) is 2.89. The van der Waals surface area contributed by atoms with Gasteiger partial charge in [0.1, 0.15) is 0 Å². The molecular formula is C16H27F2N3. The summed E-state index contributed by atoms with van der Waals surface area (Å²) in [6.45, 7) is 6.07. The van der Waals surface area contributed by atoms with E-state index in [-0.39, 0.29) is 24.8 Å². The Labute approximate surface area is 126 Å². The van der Waals surface area contributed by atoms with Gasteiger partial charge in [0.2, 0.25) is 5.92 Å². The maximum absolute atomic E-state index is 13.4. The normalized spacial score (nSPS) is 20.6. The molecule has 1 aliphatic carbocycles. The van der Waals surface area contributed by atoms with Crippen molar-refractivity contribution in [1.29, 1.82) is 0 Å². The van der Waals surface area contributed by atoms with E-state index >= 15 is 0 Å². The van der Waals surface area contributed by atoms with Crippen LogP contribution in [0.2, 0.25) is 0 Å². The largest absolute Gasteiger partial charge is 0.310 e. The lowest BCUT2D eigenvalue weighted by molar-refractivity contribution is -0.0497. The molecule has 1 unspecified atom stereocenters. The maximum atomic E-state index is 13.4. The molecule has 5 heteroatoms. The van der Waals surface area contributed by atoms with E-state index in [9.17, 15) is 8.78 Å². The van der Waals surface area contributed by atoms with Crippen molar-refractivity contribution in [3.63, 3.8) is 0 Å². The van der Waals surface area contributed by atoms with Gasteiger partial charge in [0.05, 0.1) is 6.20 Å². The highest BCUT2D eigenvalue weighted by atomic mass is 19.3. The summed E-state index contributed by atoms with van der Waals surface area (Å²) in [5, 5.41) is 7.93. The summed E-state index contributed by atoms with van der Waals surface area (Å²) in [5.41, 5.74) is 1.15. The van der Waals surface area contributed by atoms with Crippen molar-refractivity contribution in [2.24, 2.45) is 5.92 Å². The molecule has 3 nitrogen and oxygen atoms in total. The Morgan fingerprint density at radius 3 is 2.67 bits per heavy atom. The molecule has 0 aliphatic heterocycles. The van der Waals surface area contributed by atoms with E-state index in [0.717, 1.165) is 31.5 Å². The molecule has 1 heterocycles. The molecule has 21 heavy (non-hydrogen) atoms. The second kappa shape index (κ2) is 7.34. The van der Waals surface area contributed by atoms with Crippen LogP contribution in [0.4, 0.5) is 8.78 Å². The summed E-state index contributed by atoms with van der Waals surface area (Å²) in [6.07, 6.45) is 7.28. The molecule has 2 rings (SSSR count). The van der Waals surface area contributed by atoms with Crippen molar-refractivity contribution in [3.05, 3.63) is 18.0 Å². The number of hydrogen-bond acceptors (Lipinski definition) is 2. The van der Waals surface area contributed by atoms with E-state index in [1.807, 2.05) is 10.9 Å². The first-order valence-corrected chi connectivity index (χ1v) is 8.19. The van der Waals surface area contributed by atoms with Crippen LogP contribution in [0.25, 0.3) is 0 Å². The predicted octanol–water partition coefficient (Wildman–Crippen LogP) is 4.16. The number of alkyl halides is 2. The van der Waals surface area contributed by atoms with Gasteiger partial charge in [-0.1, -0.05) is 13.8 Å². The minimum Gasteiger partial charge on any atom is -0.310 e. The molecular weight excluding hydrogens is 272 g/mol.